The van der Waals surface area contributed by atoms with Crippen LogP contribution in [-0.2, 0) is 4.57 Å². The molecule has 0 N–H and O–H groups in total. The number of rotatable bonds is 3. The molecule has 4 nitrogen and oxygen atoms in total. The Bertz CT molecular complexity index is 420. The number of benzene rings is 1. The van der Waals surface area contributed by atoms with Gasteiger partial charge < -0.3 is 4.52 Å². The van der Waals surface area contributed by atoms with Crippen molar-refractivity contribution in [2.45, 2.75) is 6.92 Å². The Kier molecular flexibility index (Phi) is 3.52. The molecular weight excluding hydrogens is 211 g/mol. The highest BCUT2D eigenvalue weighted by Crippen LogP contribution is 2.47. The first kappa shape index (κ1) is 11.8. The van der Waals surface area contributed by atoms with E-state index < -0.39 is 7.52 Å². The van der Waals surface area contributed by atoms with Crippen LogP contribution in [0.15, 0.2) is 24.3 Å². The first-order valence-corrected chi connectivity index (χ1v) is 6.01. The molecule has 0 saturated carbocycles. The van der Waals surface area contributed by atoms with Crippen LogP contribution in [0.5, 0.6) is 5.75 Å². The van der Waals surface area contributed by atoms with Crippen molar-refractivity contribution in [3.63, 3.8) is 0 Å². The summed E-state index contributed by atoms with van der Waals surface area (Å²) in [4.78, 5) is 0. The standard InChI is InChI=1S/C10H13N2O2P/c1-9-4-6-10(7-5-9)14-15(13,8-11)12(2)3/h4-7H,1-3H3/t15-/m1/s1. The summed E-state index contributed by atoms with van der Waals surface area (Å²) in [7, 11) is -0.263. The molecule has 0 bridgehead atoms. The van der Waals surface area contributed by atoms with Crippen LogP contribution in [-0.4, -0.2) is 18.8 Å². The van der Waals surface area contributed by atoms with Crippen LogP contribution in [0.3, 0.4) is 0 Å². The molecule has 0 aliphatic heterocycles. The molecule has 0 fully saturated rings. The van der Waals surface area contributed by atoms with Gasteiger partial charge in [-0.05, 0) is 33.2 Å². The Hall–Kier alpha value is -1.30. The predicted molar refractivity (Wildman–Crippen MR) is 58.7 cm³/mol. The molecule has 1 rings (SSSR count). The number of aryl methyl sites for hydroxylation is 1. The van der Waals surface area contributed by atoms with Gasteiger partial charge in [0, 0.05) is 0 Å². The van der Waals surface area contributed by atoms with E-state index in [4.69, 9.17) is 9.79 Å². The fourth-order valence-corrected chi connectivity index (χ4v) is 1.72. The van der Waals surface area contributed by atoms with Crippen LogP contribution in [0.4, 0.5) is 0 Å². The largest absolute Gasteiger partial charge is 0.423 e. The van der Waals surface area contributed by atoms with Gasteiger partial charge in [-0.25, -0.2) is 9.24 Å². The molecule has 0 aromatic heterocycles. The number of hydrogen-bond acceptors (Lipinski definition) is 3. The van der Waals surface area contributed by atoms with Crippen molar-refractivity contribution in [2.24, 2.45) is 0 Å². The van der Waals surface area contributed by atoms with Gasteiger partial charge in [0.2, 0.25) is 0 Å². The van der Waals surface area contributed by atoms with Crippen LogP contribution in [0.25, 0.3) is 0 Å². The predicted octanol–water partition coefficient (Wildman–Crippen LogP) is 2.61. The lowest BCUT2D eigenvalue weighted by molar-refractivity contribution is 0.429. The Morgan fingerprint density at radius 1 is 1.33 bits per heavy atom. The van der Waals surface area contributed by atoms with Crippen molar-refractivity contribution < 1.29 is 9.09 Å². The van der Waals surface area contributed by atoms with E-state index in [9.17, 15) is 4.57 Å². The molecule has 1 atom stereocenters. The molecule has 0 unspecified atom stereocenters. The fraction of sp³-hybridized carbons (Fsp3) is 0.300. The highest BCUT2D eigenvalue weighted by molar-refractivity contribution is 7.61. The minimum atomic E-state index is -3.37. The van der Waals surface area contributed by atoms with Gasteiger partial charge in [-0.2, -0.15) is 5.26 Å². The zero-order valence-electron chi connectivity index (χ0n) is 8.97. The minimum absolute atomic E-state index is 0.444. The summed E-state index contributed by atoms with van der Waals surface area (Å²) >= 11 is 0. The van der Waals surface area contributed by atoms with E-state index >= 15 is 0 Å². The quantitative estimate of drug-likeness (QED) is 0.740. The average molecular weight is 224 g/mol. The van der Waals surface area contributed by atoms with Gasteiger partial charge in [-0.3, -0.25) is 0 Å². The van der Waals surface area contributed by atoms with E-state index in [2.05, 4.69) is 0 Å². The lowest BCUT2D eigenvalue weighted by Crippen LogP contribution is -2.11. The lowest BCUT2D eigenvalue weighted by atomic mass is 10.2. The molecule has 0 amide bonds. The van der Waals surface area contributed by atoms with Crippen molar-refractivity contribution >= 4 is 7.52 Å². The molecule has 5 heteroatoms. The number of nitriles is 1. The van der Waals surface area contributed by atoms with Crippen molar-refractivity contribution in [1.82, 2.24) is 4.67 Å². The smallest absolute Gasteiger partial charge is 0.418 e. The first-order valence-electron chi connectivity index (χ1n) is 4.43. The Morgan fingerprint density at radius 2 is 1.87 bits per heavy atom. The van der Waals surface area contributed by atoms with Gasteiger partial charge in [0.15, 0.2) is 5.81 Å². The van der Waals surface area contributed by atoms with E-state index in [-0.39, 0.29) is 0 Å². The van der Waals surface area contributed by atoms with Crippen LogP contribution in [0.2, 0.25) is 0 Å². The number of hydrogen-bond donors (Lipinski definition) is 0. The monoisotopic (exact) mass is 224 g/mol. The van der Waals surface area contributed by atoms with E-state index in [0.29, 0.717) is 5.75 Å². The van der Waals surface area contributed by atoms with Crippen molar-refractivity contribution in [2.75, 3.05) is 14.1 Å². The second-order valence-electron chi connectivity index (χ2n) is 3.37. The Labute approximate surface area is 89.6 Å². The van der Waals surface area contributed by atoms with E-state index in [0.717, 1.165) is 5.56 Å². The van der Waals surface area contributed by atoms with Crippen molar-refractivity contribution in [3.8, 4) is 11.6 Å². The molecular formula is C10H13N2O2P. The van der Waals surface area contributed by atoms with E-state index in [1.165, 1.54) is 4.67 Å². The molecule has 0 aliphatic rings. The highest BCUT2D eigenvalue weighted by atomic mass is 31.2. The summed E-state index contributed by atoms with van der Waals surface area (Å²) in [6.45, 7) is 1.94. The fourth-order valence-electron chi connectivity index (χ4n) is 0.934. The third-order valence-corrected chi connectivity index (χ3v) is 3.67. The van der Waals surface area contributed by atoms with Crippen LogP contribution < -0.4 is 4.52 Å². The van der Waals surface area contributed by atoms with Gasteiger partial charge in [0.25, 0.3) is 0 Å². The molecule has 1 aromatic carbocycles. The maximum absolute atomic E-state index is 11.9. The average Bonchev–Trinajstić information content (AvgIpc) is 2.21. The third kappa shape index (κ3) is 2.82. The first-order chi connectivity index (χ1) is 6.98. The van der Waals surface area contributed by atoms with Gasteiger partial charge >= 0.3 is 7.52 Å². The maximum Gasteiger partial charge on any atom is 0.418 e. The summed E-state index contributed by atoms with van der Waals surface area (Å²) in [5.74, 6) is 2.14. The Balaban J connectivity index is 2.91. The number of nitrogens with zero attached hydrogens (tertiary/aromatic N) is 2. The zero-order valence-corrected chi connectivity index (χ0v) is 9.86. The topological polar surface area (TPSA) is 53.3 Å². The molecule has 80 valence electrons. The molecule has 0 spiro atoms. The second kappa shape index (κ2) is 4.48. The molecule has 15 heavy (non-hydrogen) atoms. The maximum atomic E-state index is 11.9. The highest BCUT2D eigenvalue weighted by Gasteiger charge is 2.27. The van der Waals surface area contributed by atoms with Crippen LogP contribution >= 0.6 is 7.52 Å². The van der Waals surface area contributed by atoms with Gasteiger partial charge in [0.05, 0.1) is 0 Å². The Morgan fingerprint density at radius 3 is 2.27 bits per heavy atom. The lowest BCUT2D eigenvalue weighted by Gasteiger charge is -2.18. The molecule has 0 saturated heterocycles. The zero-order chi connectivity index (χ0) is 11.5. The molecule has 0 radical (unpaired) electrons. The third-order valence-electron chi connectivity index (χ3n) is 1.90. The SMILES string of the molecule is Cc1ccc(O[P@](=O)(C#N)N(C)C)cc1. The molecule has 0 heterocycles. The normalized spacial score (nSPS) is 14.3. The molecule has 0 aliphatic carbocycles. The van der Waals surface area contributed by atoms with E-state index in [1.54, 1.807) is 32.0 Å². The summed E-state index contributed by atoms with van der Waals surface area (Å²) in [6.07, 6.45) is 0. The second-order valence-corrected chi connectivity index (χ2v) is 5.60. The van der Waals surface area contributed by atoms with Gasteiger partial charge in [-0.1, -0.05) is 17.7 Å². The van der Waals surface area contributed by atoms with Crippen molar-refractivity contribution in [3.05, 3.63) is 29.8 Å². The van der Waals surface area contributed by atoms with E-state index in [1.807, 2.05) is 19.1 Å². The van der Waals surface area contributed by atoms with Gasteiger partial charge in [0.1, 0.15) is 5.75 Å². The van der Waals surface area contributed by atoms with Gasteiger partial charge in [-0.15, -0.1) is 0 Å². The summed E-state index contributed by atoms with van der Waals surface area (Å²) in [5, 5.41) is 8.79. The van der Waals surface area contributed by atoms with Crippen LogP contribution in [0.1, 0.15) is 5.56 Å². The summed E-state index contributed by atoms with van der Waals surface area (Å²) in [5.41, 5.74) is 1.08. The molecule has 1 aromatic rings. The summed E-state index contributed by atoms with van der Waals surface area (Å²) < 4.78 is 18.4. The summed E-state index contributed by atoms with van der Waals surface area (Å²) in [6, 6.07) is 7.07. The van der Waals surface area contributed by atoms with Crippen molar-refractivity contribution in [1.29, 1.82) is 5.26 Å². The minimum Gasteiger partial charge on any atom is -0.423 e. The van der Waals surface area contributed by atoms with Crippen LogP contribution in [0, 0.1) is 18.0 Å².